The normalized spacial score (nSPS) is 17.2. The summed E-state index contributed by atoms with van der Waals surface area (Å²) in [6, 6.07) is 1.10. The molecule has 0 saturated heterocycles. The molecule has 0 aliphatic carbocycles. The SMILES string of the molecule is CC(C)C(C)N(C)C(CN)CC(C)(C)C. The molecule has 15 heavy (non-hydrogen) atoms. The van der Waals surface area contributed by atoms with Crippen molar-refractivity contribution in [1.82, 2.24) is 4.90 Å². The molecule has 0 saturated carbocycles. The van der Waals surface area contributed by atoms with Gasteiger partial charge in [0.1, 0.15) is 0 Å². The topological polar surface area (TPSA) is 29.3 Å². The number of hydrogen-bond donors (Lipinski definition) is 1. The summed E-state index contributed by atoms with van der Waals surface area (Å²) in [5.41, 5.74) is 6.23. The van der Waals surface area contributed by atoms with Crippen LogP contribution in [0.3, 0.4) is 0 Å². The Morgan fingerprint density at radius 3 is 1.87 bits per heavy atom. The number of likely N-dealkylation sites (N-methyl/N-ethyl adjacent to an activating group) is 1. The fourth-order valence-corrected chi connectivity index (χ4v) is 1.90. The Bertz CT molecular complexity index is 170. The molecule has 2 N–H and O–H groups in total. The molecule has 2 atom stereocenters. The Kier molecular flexibility index (Phi) is 5.82. The predicted molar refractivity (Wildman–Crippen MR) is 69.0 cm³/mol. The average molecular weight is 214 g/mol. The quantitative estimate of drug-likeness (QED) is 0.762. The highest BCUT2D eigenvalue weighted by atomic mass is 15.2. The third-order valence-electron chi connectivity index (χ3n) is 3.30. The van der Waals surface area contributed by atoms with Crippen LogP contribution in [0.5, 0.6) is 0 Å². The lowest BCUT2D eigenvalue weighted by Gasteiger charge is -2.37. The summed E-state index contributed by atoms with van der Waals surface area (Å²) in [4.78, 5) is 2.44. The van der Waals surface area contributed by atoms with E-state index in [4.69, 9.17) is 5.73 Å². The van der Waals surface area contributed by atoms with Crippen LogP contribution < -0.4 is 5.73 Å². The maximum Gasteiger partial charge on any atom is 0.0223 e. The Morgan fingerprint density at radius 2 is 1.60 bits per heavy atom. The summed E-state index contributed by atoms with van der Waals surface area (Å²) < 4.78 is 0. The molecule has 0 radical (unpaired) electrons. The maximum atomic E-state index is 5.88. The molecule has 2 heteroatoms. The third-order valence-corrected chi connectivity index (χ3v) is 3.30. The molecule has 0 spiro atoms. The van der Waals surface area contributed by atoms with Crippen LogP contribution >= 0.6 is 0 Å². The zero-order chi connectivity index (χ0) is 12.2. The van der Waals surface area contributed by atoms with Gasteiger partial charge in [-0.15, -0.1) is 0 Å². The Morgan fingerprint density at radius 1 is 1.13 bits per heavy atom. The lowest BCUT2D eigenvalue weighted by molar-refractivity contribution is 0.118. The van der Waals surface area contributed by atoms with Gasteiger partial charge in [0, 0.05) is 18.6 Å². The second-order valence-corrected chi connectivity index (χ2v) is 6.30. The zero-order valence-electron chi connectivity index (χ0n) is 11.7. The molecule has 0 aromatic heterocycles. The maximum absolute atomic E-state index is 5.88. The van der Waals surface area contributed by atoms with Crippen molar-refractivity contribution in [3.63, 3.8) is 0 Å². The minimum Gasteiger partial charge on any atom is -0.329 e. The van der Waals surface area contributed by atoms with Crippen molar-refractivity contribution < 1.29 is 0 Å². The third kappa shape index (κ3) is 5.53. The summed E-state index contributed by atoms with van der Waals surface area (Å²) in [6.45, 7) is 14.4. The van der Waals surface area contributed by atoms with Gasteiger partial charge >= 0.3 is 0 Å². The molecule has 0 aliphatic rings. The number of nitrogens with two attached hydrogens (primary N) is 1. The van der Waals surface area contributed by atoms with Gasteiger partial charge < -0.3 is 5.73 Å². The molecular formula is C13H30N2. The van der Waals surface area contributed by atoms with E-state index >= 15 is 0 Å². The summed E-state index contributed by atoms with van der Waals surface area (Å²) in [5.74, 6) is 0.684. The van der Waals surface area contributed by atoms with Crippen molar-refractivity contribution >= 4 is 0 Å². The van der Waals surface area contributed by atoms with E-state index in [9.17, 15) is 0 Å². The lowest BCUT2D eigenvalue weighted by atomic mass is 9.86. The van der Waals surface area contributed by atoms with Crippen LogP contribution in [-0.2, 0) is 0 Å². The van der Waals surface area contributed by atoms with E-state index in [1.165, 1.54) is 0 Å². The van der Waals surface area contributed by atoms with Gasteiger partial charge in [-0.1, -0.05) is 34.6 Å². The second-order valence-electron chi connectivity index (χ2n) is 6.30. The number of nitrogens with zero attached hydrogens (tertiary/aromatic N) is 1. The summed E-state index contributed by atoms with van der Waals surface area (Å²) in [5, 5.41) is 0. The van der Waals surface area contributed by atoms with Crippen LogP contribution in [0.2, 0.25) is 0 Å². The zero-order valence-corrected chi connectivity index (χ0v) is 11.7. The molecule has 0 amide bonds. The van der Waals surface area contributed by atoms with Gasteiger partial charge in [0.15, 0.2) is 0 Å². The van der Waals surface area contributed by atoms with E-state index in [1.807, 2.05) is 0 Å². The summed E-state index contributed by atoms with van der Waals surface area (Å²) >= 11 is 0. The molecule has 0 rings (SSSR count). The van der Waals surface area contributed by atoms with Gasteiger partial charge in [-0.25, -0.2) is 0 Å². The van der Waals surface area contributed by atoms with Gasteiger partial charge in [-0.3, -0.25) is 4.90 Å². The monoisotopic (exact) mass is 214 g/mol. The fraction of sp³-hybridized carbons (Fsp3) is 1.00. The van der Waals surface area contributed by atoms with E-state index in [0.29, 0.717) is 23.4 Å². The van der Waals surface area contributed by atoms with Crippen molar-refractivity contribution in [2.24, 2.45) is 17.1 Å². The van der Waals surface area contributed by atoms with Crippen molar-refractivity contribution in [3.05, 3.63) is 0 Å². The minimum absolute atomic E-state index is 0.356. The van der Waals surface area contributed by atoms with Crippen LogP contribution in [0.25, 0.3) is 0 Å². The van der Waals surface area contributed by atoms with E-state index in [0.717, 1.165) is 13.0 Å². The summed E-state index contributed by atoms with van der Waals surface area (Å²) in [7, 11) is 2.20. The molecule has 0 aromatic rings. The van der Waals surface area contributed by atoms with Gasteiger partial charge in [0.2, 0.25) is 0 Å². The lowest BCUT2D eigenvalue weighted by Crippen LogP contribution is -2.46. The van der Waals surface area contributed by atoms with Crippen molar-refractivity contribution in [1.29, 1.82) is 0 Å². The highest BCUT2D eigenvalue weighted by molar-refractivity contribution is 4.80. The first-order valence-electron chi connectivity index (χ1n) is 6.11. The first-order chi connectivity index (χ1) is 6.69. The Hall–Kier alpha value is -0.0800. The van der Waals surface area contributed by atoms with Crippen molar-refractivity contribution in [2.75, 3.05) is 13.6 Å². The smallest absolute Gasteiger partial charge is 0.0223 e. The summed E-state index contributed by atoms with van der Waals surface area (Å²) in [6.07, 6.45) is 1.16. The minimum atomic E-state index is 0.356. The average Bonchev–Trinajstić information content (AvgIpc) is 2.10. The van der Waals surface area contributed by atoms with Gasteiger partial charge in [0.25, 0.3) is 0 Å². The Balaban J connectivity index is 4.40. The molecule has 0 aromatic carbocycles. The molecule has 0 fully saturated rings. The first kappa shape index (κ1) is 14.9. The van der Waals surface area contributed by atoms with Crippen molar-refractivity contribution in [3.8, 4) is 0 Å². The molecule has 0 bridgehead atoms. The fourth-order valence-electron chi connectivity index (χ4n) is 1.90. The van der Waals surface area contributed by atoms with Crippen LogP contribution in [0.15, 0.2) is 0 Å². The molecule has 92 valence electrons. The molecule has 0 heterocycles. The first-order valence-corrected chi connectivity index (χ1v) is 6.11. The van der Waals surface area contributed by atoms with Crippen LogP contribution in [0, 0.1) is 11.3 Å². The van der Waals surface area contributed by atoms with Gasteiger partial charge in [0.05, 0.1) is 0 Å². The van der Waals surface area contributed by atoms with Crippen LogP contribution in [-0.4, -0.2) is 30.6 Å². The number of hydrogen-bond acceptors (Lipinski definition) is 2. The number of rotatable bonds is 5. The molecule has 2 unspecified atom stereocenters. The predicted octanol–water partition coefficient (Wildman–Crippen LogP) is 2.73. The van der Waals surface area contributed by atoms with E-state index in [1.54, 1.807) is 0 Å². The Labute approximate surface area is 96.2 Å². The van der Waals surface area contributed by atoms with Crippen molar-refractivity contribution in [2.45, 2.75) is 60.0 Å². The van der Waals surface area contributed by atoms with Crippen LogP contribution in [0.1, 0.15) is 48.0 Å². The molecule has 2 nitrogen and oxygen atoms in total. The van der Waals surface area contributed by atoms with Gasteiger partial charge in [-0.05, 0) is 31.7 Å². The molecule has 0 aliphatic heterocycles. The second kappa shape index (κ2) is 5.86. The highest BCUT2D eigenvalue weighted by Crippen LogP contribution is 2.24. The van der Waals surface area contributed by atoms with E-state index < -0.39 is 0 Å². The standard InChI is InChI=1S/C13H30N2/c1-10(2)11(3)15(7)12(9-14)8-13(4,5)6/h10-12H,8-9,14H2,1-7H3. The van der Waals surface area contributed by atoms with E-state index in [2.05, 4.69) is 53.5 Å². The highest BCUT2D eigenvalue weighted by Gasteiger charge is 2.25. The van der Waals surface area contributed by atoms with Gasteiger partial charge in [-0.2, -0.15) is 0 Å². The largest absolute Gasteiger partial charge is 0.329 e. The molecular weight excluding hydrogens is 184 g/mol. The van der Waals surface area contributed by atoms with Crippen LogP contribution in [0.4, 0.5) is 0 Å². The van der Waals surface area contributed by atoms with E-state index in [-0.39, 0.29) is 0 Å².